The van der Waals surface area contributed by atoms with Crippen LogP contribution in [0.5, 0.6) is 0 Å². The monoisotopic (exact) mass is 734 g/mol. The van der Waals surface area contributed by atoms with Crippen LogP contribution >= 0.6 is 0 Å². The molecule has 248 valence electrons. The zero-order valence-electron chi connectivity index (χ0n) is 27.8. The van der Waals surface area contributed by atoms with Crippen LogP contribution in [0.3, 0.4) is 0 Å². The number of allylic oxidation sites excluding steroid dienone is 4. The Morgan fingerprint density at radius 2 is 0.938 bits per heavy atom. The summed E-state index contributed by atoms with van der Waals surface area (Å²) in [5, 5.41) is 0. The van der Waals surface area contributed by atoms with Crippen molar-refractivity contribution in [2.75, 3.05) is 0 Å². The van der Waals surface area contributed by atoms with Crippen molar-refractivity contribution in [1.82, 2.24) is 0 Å². The number of hydrogen-bond acceptors (Lipinski definition) is 0. The van der Waals surface area contributed by atoms with E-state index in [9.17, 15) is 26.3 Å². The molecule has 2 aliphatic carbocycles. The second-order valence-corrected chi connectivity index (χ2v) is 21.3. The van der Waals surface area contributed by atoms with E-state index in [1.54, 1.807) is 12.1 Å². The molecule has 4 aromatic carbocycles. The van der Waals surface area contributed by atoms with E-state index in [-0.39, 0.29) is 18.1 Å². The molecular weight excluding hydrogens is 698 g/mol. The first-order valence-corrected chi connectivity index (χ1v) is 20.1. The first-order valence-electron chi connectivity index (χ1n) is 16.1. The van der Waals surface area contributed by atoms with Crippen molar-refractivity contribution < 1.29 is 47.6 Å². The van der Waals surface area contributed by atoms with Gasteiger partial charge in [0.05, 0.1) is 0 Å². The molecule has 7 heteroatoms. The van der Waals surface area contributed by atoms with Gasteiger partial charge < -0.3 is 0 Å². The quantitative estimate of drug-likeness (QED) is 0.183. The Kier molecular flexibility index (Phi) is 8.80. The van der Waals surface area contributed by atoms with Crippen LogP contribution < -0.4 is 0 Å². The van der Waals surface area contributed by atoms with E-state index in [1.165, 1.54) is 12.1 Å². The third-order valence-electron chi connectivity index (χ3n) is 9.41. The van der Waals surface area contributed by atoms with E-state index in [2.05, 4.69) is 90.1 Å². The molecule has 0 amide bonds. The van der Waals surface area contributed by atoms with Crippen molar-refractivity contribution >= 4 is 3.21 Å². The van der Waals surface area contributed by atoms with Gasteiger partial charge >= 0.3 is 288 Å². The molecule has 0 nitrogen and oxygen atoms in total. The van der Waals surface area contributed by atoms with Crippen molar-refractivity contribution in [2.45, 2.75) is 72.0 Å². The van der Waals surface area contributed by atoms with Crippen molar-refractivity contribution in [1.29, 1.82) is 0 Å². The Morgan fingerprint density at radius 3 is 1.31 bits per heavy atom. The van der Waals surface area contributed by atoms with Gasteiger partial charge in [0.2, 0.25) is 0 Å². The second-order valence-electron chi connectivity index (χ2n) is 14.8. The fraction of sp³-hybridized carbons (Fsp3) is 0.293. The molecule has 48 heavy (non-hydrogen) atoms. The standard InChI is InChI=1S/C21H25.C15H8F6.C5H5.Zr/c1-20(2,3)16-7-9-18-14(12-16)11-15-13-17(21(4,5)6)8-10-19(15)18;16-14(17,18)12-5-1-3-10(8-12)7-11-4-2-6-13(9-11)15(19,20)21;1-2-4-5-3-1;/h7-13H,1-6H3;1-6,8-9H;1-5H;. The van der Waals surface area contributed by atoms with Gasteiger partial charge in [0.25, 0.3) is 0 Å². The first kappa shape index (κ1) is 34.6. The Bertz CT molecular complexity index is 1840. The molecule has 0 atom stereocenters. The first-order chi connectivity index (χ1) is 22.3. The summed E-state index contributed by atoms with van der Waals surface area (Å²) in [6.45, 7) is 12.9. The molecule has 0 radical (unpaired) electrons. The Balaban J connectivity index is 1.78. The molecule has 0 heterocycles. The van der Waals surface area contributed by atoms with Crippen molar-refractivity contribution in [3.8, 4) is 11.1 Å². The van der Waals surface area contributed by atoms with Crippen molar-refractivity contribution in [3.05, 3.63) is 154 Å². The predicted molar refractivity (Wildman–Crippen MR) is 179 cm³/mol. The molecule has 6 rings (SSSR count). The molecule has 0 aromatic heterocycles. The minimum absolute atomic E-state index is 0.105. The van der Waals surface area contributed by atoms with E-state index in [4.69, 9.17) is 0 Å². The molecule has 0 N–H and O–H groups in total. The number of rotatable bonds is 4. The summed E-state index contributed by atoms with van der Waals surface area (Å²) in [6, 6.07) is 23.4. The summed E-state index contributed by atoms with van der Waals surface area (Å²) in [5.74, 6) is 0. The van der Waals surface area contributed by atoms with Gasteiger partial charge in [-0.25, -0.2) is 0 Å². The second kappa shape index (κ2) is 12.2. The summed E-state index contributed by atoms with van der Waals surface area (Å²) in [7, 11) is 0. The molecule has 0 aliphatic heterocycles. The van der Waals surface area contributed by atoms with Gasteiger partial charge in [-0.05, 0) is 0 Å². The van der Waals surface area contributed by atoms with Crippen molar-refractivity contribution in [2.24, 2.45) is 0 Å². The molecule has 0 saturated carbocycles. The van der Waals surface area contributed by atoms with Crippen LogP contribution in [-0.2, 0) is 44.4 Å². The van der Waals surface area contributed by atoms with Gasteiger partial charge in [-0.2, -0.15) is 0 Å². The topological polar surface area (TPSA) is 0 Å². The summed E-state index contributed by atoms with van der Waals surface area (Å²) in [6.07, 6.45) is -1.13. The van der Waals surface area contributed by atoms with Crippen LogP contribution in [0.15, 0.2) is 109 Å². The van der Waals surface area contributed by atoms with E-state index in [0.717, 1.165) is 57.6 Å². The van der Waals surface area contributed by atoms with Crippen LogP contribution in [0, 0.1) is 0 Å². The summed E-state index contributed by atoms with van der Waals surface area (Å²) in [4.78, 5) is 0. The fourth-order valence-electron chi connectivity index (χ4n) is 6.87. The van der Waals surface area contributed by atoms with Gasteiger partial charge in [0.15, 0.2) is 0 Å². The van der Waals surface area contributed by atoms with E-state index >= 15 is 0 Å². The summed E-state index contributed by atoms with van der Waals surface area (Å²) < 4.78 is 85.6. The average molecular weight is 736 g/mol. The molecular formula is C41H38F6Zr. The molecule has 0 saturated heterocycles. The number of halogens is 6. The Labute approximate surface area is 286 Å². The molecule has 0 spiro atoms. The third-order valence-corrected chi connectivity index (χ3v) is 18.0. The molecule has 0 fully saturated rings. The van der Waals surface area contributed by atoms with Gasteiger partial charge in [-0.1, -0.05) is 0 Å². The van der Waals surface area contributed by atoms with Gasteiger partial charge in [-0.15, -0.1) is 0 Å². The van der Waals surface area contributed by atoms with Crippen LogP contribution in [0.25, 0.3) is 11.1 Å². The van der Waals surface area contributed by atoms with Crippen LogP contribution in [0.2, 0.25) is 3.63 Å². The number of fused-ring (bicyclic) bond motifs is 3. The Hall–Kier alpha value is -3.31. The zero-order chi connectivity index (χ0) is 34.8. The van der Waals surface area contributed by atoms with Crippen LogP contribution in [0.4, 0.5) is 26.3 Å². The maximum absolute atomic E-state index is 14.2. The minimum atomic E-state index is -4.61. The average Bonchev–Trinajstić information content (AvgIpc) is 3.64. The van der Waals surface area contributed by atoms with Crippen molar-refractivity contribution in [3.63, 3.8) is 0 Å². The maximum atomic E-state index is 14.2. The molecule has 2 aliphatic rings. The Morgan fingerprint density at radius 1 is 0.521 bits per heavy atom. The van der Waals surface area contributed by atoms with Gasteiger partial charge in [0.1, 0.15) is 0 Å². The van der Waals surface area contributed by atoms with Crippen LogP contribution in [-0.4, -0.2) is 3.21 Å². The SMILES string of the molecule is CC(C)(C)c1ccc2c(c1)[CH]([Zr](=[C](c1cccc(C(F)(F)F)c1)c1cccc(C(F)(F)F)c1)[CH]1C=CC=C1)c1cc(C(C)(C)C)ccc1-2. The third kappa shape index (κ3) is 6.64. The number of benzene rings is 4. The molecule has 0 bridgehead atoms. The zero-order valence-corrected chi connectivity index (χ0v) is 30.3. The molecule has 0 unspecified atom stereocenters. The summed E-state index contributed by atoms with van der Waals surface area (Å²) in [5.41, 5.74) is 5.36. The predicted octanol–water partition coefficient (Wildman–Crippen LogP) is 12.2. The van der Waals surface area contributed by atoms with E-state index in [0.29, 0.717) is 14.3 Å². The summed E-state index contributed by atoms with van der Waals surface area (Å²) >= 11 is -3.56. The van der Waals surface area contributed by atoms with Crippen LogP contribution in [0.1, 0.15) is 89.7 Å². The molecule has 4 aromatic rings. The van der Waals surface area contributed by atoms with Gasteiger partial charge in [0, 0.05) is 0 Å². The number of hydrogen-bond donors (Lipinski definition) is 0. The fourth-order valence-corrected chi connectivity index (χ4v) is 16.1. The van der Waals surface area contributed by atoms with E-state index in [1.807, 2.05) is 12.2 Å². The van der Waals surface area contributed by atoms with E-state index < -0.39 is 44.7 Å². The van der Waals surface area contributed by atoms with Gasteiger partial charge in [-0.3, -0.25) is 0 Å². The normalized spacial score (nSPS) is 15.2. The number of alkyl halides is 6.